The molecule has 3 aromatic rings. The van der Waals surface area contributed by atoms with E-state index in [1.807, 2.05) is 25.3 Å². The Morgan fingerprint density at radius 1 is 1.35 bits per heavy atom. The van der Waals surface area contributed by atoms with Gasteiger partial charge in [0, 0.05) is 54.3 Å². The van der Waals surface area contributed by atoms with Crippen LogP contribution in [0.4, 0.5) is 8.78 Å². The summed E-state index contributed by atoms with van der Waals surface area (Å²) in [5.41, 5.74) is 5.35. The van der Waals surface area contributed by atoms with Crippen molar-refractivity contribution in [2.24, 2.45) is 5.41 Å². The second-order valence-corrected chi connectivity index (χ2v) is 9.71. The smallest absolute Gasteiger partial charge is 0.293 e. The molecule has 0 bridgehead atoms. The van der Waals surface area contributed by atoms with Crippen molar-refractivity contribution in [1.82, 2.24) is 20.3 Å². The number of rotatable bonds is 5. The van der Waals surface area contributed by atoms with Crippen molar-refractivity contribution in [2.75, 3.05) is 13.7 Å². The molecule has 0 radical (unpaired) electrons. The molecule has 2 aromatic heterocycles. The van der Waals surface area contributed by atoms with Crippen LogP contribution < -0.4 is 10.2 Å². The lowest BCUT2D eigenvalue weighted by Crippen LogP contribution is -2.53. The van der Waals surface area contributed by atoms with Crippen molar-refractivity contribution in [3.05, 3.63) is 59.0 Å². The van der Waals surface area contributed by atoms with Crippen LogP contribution in [0.15, 0.2) is 36.7 Å². The predicted octanol–water partition coefficient (Wildman–Crippen LogP) is 4.75. The molecular formula is C25H28F2N4O3. The van der Waals surface area contributed by atoms with Crippen molar-refractivity contribution in [3.63, 3.8) is 0 Å². The first-order valence-electron chi connectivity index (χ1n) is 11.4. The number of carbonyl (C=O) groups excluding carboxylic acids is 1. The van der Waals surface area contributed by atoms with E-state index >= 15 is 0 Å². The zero-order valence-corrected chi connectivity index (χ0v) is 19.2. The van der Waals surface area contributed by atoms with Crippen LogP contribution in [-0.4, -0.2) is 45.6 Å². The molecule has 1 aliphatic carbocycles. The van der Waals surface area contributed by atoms with Gasteiger partial charge in [0.2, 0.25) is 5.92 Å². The van der Waals surface area contributed by atoms with Gasteiger partial charge >= 0.3 is 0 Å². The third kappa shape index (κ3) is 3.92. The SMILES string of the molecule is COc1cc(C)c2[nH]ccc2c1CN1CCC2(CC1c1ccc(C(=O)NO)nc1)CC(F)(F)C2. The molecular weight excluding hydrogens is 442 g/mol. The summed E-state index contributed by atoms with van der Waals surface area (Å²) in [6.07, 6.45) is 4.66. The number of nitrogens with one attached hydrogen (secondary N) is 2. The monoisotopic (exact) mass is 470 g/mol. The molecule has 1 amide bonds. The Hall–Kier alpha value is -3.04. The second-order valence-electron chi connectivity index (χ2n) is 9.71. The lowest BCUT2D eigenvalue weighted by atomic mass is 9.59. The van der Waals surface area contributed by atoms with Crippen LogP contribution in [0.2, 0.25) is 0 Å². The summed E-state index contributed by atoms with van der Waals surface area (Å²) in [5, 5.41) is 9.96. The number of aromatic nitrogens is 2. The molecule has 1 spiro atoms. The number of amides is 1. The Morgan fingerprint density at radius 2 is 2.15 bits per heavy atom. The molecule has 1 aromatic carbocycles. The molecule has 34 heavy (non-hydrogen) atoms. The first-order valence-corrected chi connectivity index (χ1v) is 11.4. The van der Waals surface area contributed by atoms with Crippen LogP contribution in [-0.2, 0) is 6.54 Å². The van der Waals surface area contributed by atoms with Gasteiger partial charge in [0.1, 0.15) is 11.4 Å². The largest absolute Gasteiger partial charge is 0.496 e. The number of benzene rings is 1. The third-order valence-corrected chi connectivity index (χ3v) is 7.46. The van der Waals surface area contributed by atoms with Gasteiger partial charge in [-0.05, 0) is 61.1 Å². The number of fused-ring (bicyclic) bond motifs is 1. The van der Waals surface area contributed by atoms with E-state index in [4.69, 9.17) is 9.94 Å². The van der Waals surface area contributed by atoms with Crippen LogP contribution in [0.5, 0.6) is 5.75 Å². The molecule has 3 heterocycles. The summed E-state index contributed by atoms with van der Waals surface area (Å²) in [5.74, 6) is -2.49. The number of piperidine rings is 1. The molecule has 3 N–H and O–H groups in total. The Balaban J connectivity index is 1.50. The highest BCUT2D eigenvalue weighted by molar-refractivity contribution is 5.91. The summed E-state index contributed by atoms with van der Waals surface area (Å²) >= 11 is 0. The highest BCUT2D eigenvalue weighted by Crippen LogP contribution is 2.60. The van der Waals surface area contributed by atoms with E-state index in [0.717, 1.165) is 33.3 Å². The van der Waals surface area contributed by atoms with Gasteiger partial charge in [0.05, 0.1) is 7.11 Å². The Labute approximate surface area is 196 Å². The number of aryl methyl sites for hydroxylation is 1. The van der Waals surface area contributed by atoms with Gasteiger partial charge in [-0.15, -0.1) is 0 Å². The number of nitrogens with zero attached hydrogens (tertiary/aromatic N) is 2. The van der Waals surface area contributed by atoms with E-state index in [0.29, 0.717) is 25.9 Å². The van der Waals surface area contributed by atoms with Crippen LogP contribution in [0, 0.1) is 12.3 Å². The molecule has 1 atom stereocenters. The van der Waals surface area contributed by atoms with Crippen molar-refractivity contribution in [3.8, 4) is 5.75 Å². The zero-order chi connectivity index (χ0) is 24.1. The Bertz CT molecular complexity index is 1220. The number of hydroxylamine groups is 1. The molecule has 2 fully saturated rings. The zero-order valence-electron chi connectivity index (χ0n) is 19.2. The standard InChI is InChI=1S/C25H28F2N4O3/c1-15-9-21(34-2)18(17-5-7-28-22(15)17)12-31-8-6-24(13-25(26,27)14-24)10-20(31)16-3-4-19(29-11-16)23(32)30-33/h3-5,7,9,11,20,28,33H,6,8,10,12-14H2,1-2H3,(H,30,32). The lowest BCUT2D eigenvalue weighted by Gasteiger charge is -2.54. The van der Waals surface area contributed by atoms with Crippen LogP contribution in [0.1, 0.15) is 58.9 Å². The number of carbonyl (C=O) groups is 1. The average Bonchev–Trinajstić information content (AvgIpc) is 3.31. The fraction of sp³-hybridized carbons (Fsp3) is 0.440. The highest BCUT2D eigenvalue weighted by Gasteiger charge is 2.58. The molecule has 2 aliphatic rings. The van der Waals surface area contributed by atoms with E-state index in [-0.39, 0.29) is 30.0 Å². The number of ether oxygens (including phenoxy) is 1. The predicted molar refractivity (Wildman–Crippen MR) is 122 cm³/mol. The molecule has 1 saturated carbocycles. The summed E-state index contributed by atoms with van der Waals surface area (Å²) < 4.78 is 33.5. The fourth-order valence-corrected chi connectivity index (χ4v) is 5.84. The maximum absolute atomic E-state index is 13.9. The topological polar surface area (TPSA) is 90.5 Å². The Kier molecular flexibility index (Phi) is 5.56. The lowest BCUT2D eigenvalue weighted by molar-refractivity contribution is -0.186. The number of aromatic amines is 1. The van der Waals surface area contributed by atoms with Gasteiger partial charge in [-0.3, -0.25) is 19.9 Å². The van der Waals surface area contributed by atoms with Gasteiger partial charge in [0.25, 0.3) is 5.91 Å². The van der Waals surface area contributed by atoms with Crippen molar-refractivity contribution in [2.45, 2.75) is 51.1 Å². The van der Waals surface area contributed by atoms with E-state index in [1.165, 1.54) is 0 Å². The summed E-state index contributed by atoms with van der Waals surface area (Å²) in [6.45, 7) is 3.29. The number of hydrogen-bond donors (Lipinski definition) is 3. The molecule has 5 rings (SSSR count). The summed E-state index contributed by atoms with van der Waals surface area (Å²) in [6, 6.07) is 7.27. The molecule has 9 heteroatoms. The normalized spacial score (nSPS) is 21.4. The average molecular weight is 471 g/mol. The fourth-order valence-electron chi connectivity index (χ4n) is 5.84. The van der Waals surface area contributed by atoms with Crippen molar-refractivity contribution in [1.29, 1.82) is 0 Å². The van der Waals surface area contributed by atoms with Crippen LogP contribution in [0.3, 0.4) is 0 Å². The number of H-pyrrole nitrogens is 1. The number of halogens is 2. The molecule has 180 valence electrons. The second kappa shape index (κ2) is 8.32. The maximum atomic E-state index is 13.9. The van der Waals surface area contributed by atoms with Gasteiger partial charge < -0.3 is 9.72 Å². The molecule has 1 unspecified atom stereocenters. The molecule has 7 nitrogen and oxygen atoms in total. The number of hydrogen-bond acceptors (Lipinski definition) is 5. The number of alkyl halides is 2. The maximum Gasteiger partial charge on any atom is 0.293 e. The van der Waals surface area contributed by atoms with E-state index < -0.39 is 11.8 Å². The third-order valence-electron chi connectivity index (χ3n) is 7.46. The van der Waals surface area contributed by atoms with Crippen LogP contribution >= 0.6 is 0 Å². The Morgan fingerprint density at radius 3 is 2.79 bits per heavy atom. The molecule has 1 aliphatic heterocycles. The minimum Gasteiger partial charge on any atom is -0.496 e. The summed E-state index contributed by atoms with van der Waals surface area (Å²) in [4.78, 5) is 21.5. The van der Waals surface area contributed by atoms with E-state index in [9.17, 15) is 13.6 Å². The van der Waals surface area contributed by atoms with Gasteiger partial charge in [-0.25, -0.2) is 14.3 Å². The minimum atomic E-state index is -2.59. The number of pyridine rings is 1. The molecule has 1 saturated heterocycles. The van der Waals surface area contributed by atoms with Crippen LogP contribution in [0.25, 0.3) is 10.9 Å². The van der Waals surface area contributed by atoms with Gasteiger partial charge in [0.15, 0.2) is 0 Å². The van der Waals surface area contributed by atoms with E-state index in [1.54, 1.807) is 30.9 Å². The van der Waals surface area contributed by atoms with Gasteiger partial charge in [-0.1, -0.05) is 6.07 Å². The van der Waals surface area contributed by atoms with Gasteiger partial charge in [-0.2, -0.15) is 0 Å². The number of methoxy groups -OCH3 is 1. The number of likely N-dealkylation sites (tertiary alicyclic amines) is 1. The first-order chi connectivity index (χ1) is 16.2. The highest BCUT2D eigenvalue weighted by atomic mass is 19.3. The van der Waals surface area contributed by atoms with E-state index in [2.05, 4.69) is 14.9 Å². The summed E-state index contributed by atoms with van der Waals surface area (Å²) in [7, 11) is 1.66. The van der Waals surface area contributed by atoms with Crippen molar-refractivity contribution >= 4 is 16.8 Å². The first kappa shape index (κ1) is 22.7. The quantitative estimate of drug-likeness (QED) is 0.370. The minimum absolute atomic E-state index is 0.0846. The van der Waals surface area contributed by atoms with Crippen molar-refractivity contribution < 1.29 is 23.5 Å².